The topological polar surface area (TPSA) is 107 Å². The molecule has 0 spiro atoms. The second-order valence-electron chi connectivity index (χ2n) is 9.34. The van der Waals surface area contributed by atoms with Crippen LogP contribution in [0.15, 0.2) is 54.6 Å². The summed E-state index contributed by atoms with van der Waals surface area (Å²) < 4.78 is 11.9. The molecule has 178 valence electrons. The van der Waals surface area contributed by atoms with E-state index in [1.807, 2.05) is 6.07 Å². The first-order valence-electron chi connectivity index (χ1n) is 11.9. The third kappa shape index (κ3) is 4.93. The number of aliphatic hydroxyl groups is 1. The maximum absolute atomic E-state index is 12.7. The summed E-state index contributed by atoms with van der Waals surface area (Å²) in [6, 6.07) is 17.9. The van der Waals surface area contributed by atoms with E-state index in [9.17, 15) is 9.90 Å². The van der Waals surface area contributed by atoms with Crippen LogP contribution in [0.5, 0.6) is 0 Å². The molecule has 0 aliphatic carbocycles. The maximum atomic E-state index is 12.7. The number of nitrogens with zero attached hydrogens (tertiary/aromatic N) is 2. The Morgan fingerprint density at radius 1 is 1.15 bits per heavy atom. The molecule has 34 heavy (non-hydrogen) atoms. The molecule has 2 bridgehead atoms. The number of urea groups is 1. The van der Waals surface area contributed by atoms with Crippen molar-refractivity contribution in [1.82, 2.24) is 10.2 Å². The summed E-state index contributed by atoms with van der Waals surface area (Å²) >= 11 is 0. The smallest absolute Gasteiger partial charge is 0.319 e. The molecule has 0 saturated carbocycles. The Balaban J connectivity index is 1.20. The number of nitriles is 1. The highest BCUT2D eigenvalue weighted by Crippen LogP contribution is 2.34. The zero-order valence-corrected chi connectivity index (χ0v) is 19.0. The number of hydrogen-bond donors (Lipinski definition) is 3. The molecular weight excluding hydrogens is 432 g/mol. The Morgan fingerprint density at radius 2 is 1.94 bits per heavy atom. The molecule has 5 unspecified atom stereocenters. The Bertz CT molecular complexity index is 1030. The van der Waals surface area contributed by atoms with Crippen molar-refractivity contribution in [1.29, 1.82) is 5.26 Å². The lowest BCUT2D eigenvalue weighted by atomic mass is 9.87. The lowest BCUT2D eigenvalue weighted by molar-refractivity contribution is -0.184. The molecule has 5 rings (SSSR count). The molecule has 3 heterocycles. The molecular formula is C26H30N4O4. The van der Waals surface area contributed by atoms with Gasteiger partial charge in [0, 0.05) is 5.69 Å². The molecule has 3 fully saturated rings. The first-order chi connectivity index (χ1) is 16.6. The highest BCUT2D eigenvalue weighted by molar-refractivity contribution is 5.89. The predicted octanol–water partition coefficient (Wildman–Crippen LogP) is 2.49. The van der Waals surface area contributed by atoms with Gasteiger partial charge in [-0.05, 0) is 62.0 Å². The number of benzene rings is 2. The summed E-state index contributed by atoms with van der Waals surface area (Å²) in [5.41, 5.74) is 2.33. The van der Waals surface area contributed by atoms with E-state index in [1.165, 1.54) is 5.56 Å². The van der Waals surface area contributed by atoms with Gasteiger partial charge >= 0.3 is 6.03 Å². The van der Waals surface area contributed by atoms with Crippen molar-refractivity contribution >= 4 is 11.7 Å². The molecule has 8 nitrogen and oxygen atoms in total. The predicted molar refractivity (Wildman–Crippen MR) is 126 cm³/mol. The number of hydrogen-bond acceptors (Lipinski definition) is 6. The SMILES string of the molecule is N#Cc1cccc(NC(=O)NC2C3COC(O3)C(N3CCC(Cc4ccccc4)CC3)C2O)c1. The fraction of sp³-hybridized carbons (Fsp3) is 0.462. The third-order valence-corrected chi connectivity index (χ3v) is 7.12. The average molecular weight is 463 g/mol. The lowest BCUT2D eigenvalue weighted by Gasteiger charge is -2.46. The number of carbonyl (C=O) groups is 1. The summed E-state index contributed by atoms with van der Waals surface area (Å²) in [5, 5.41) is 26.0. The van der Waals surface area contributed by atoms with Crippen LogP contribution in [0.1, 0.15) is 24.0 Å². The largest absolute Gasteiger partial charge is 0.389 e. The number of amides is 2. The van der Waals surface area contributed by atoms with Crippen LogP contribution >= 0.6 is 0 Å². The fourth-order valence-electron chi connectivity index (χ4n) is 5.36. The molecule has 0 radical (unpaired) electrons. The average Bonchev–Trinajstić information content (AvgIpc) is 3.29. The molecule has 5 atom stereocenters. The number of piperidine rings is 1. The maximum Gasteiger partial charge on any atom is 0.319 e. The van der Waals surface area contributed by atoms with Crippen molar-refractivity contribution in [3.63, 3.8) is 0 Å². The Labute approximate surface area is 199 Å². The van der Waals surface area contributed by atoms with E-state index in [0.717, 1.165) is 32.4 Å². The van der Waals surface area contributed by atoms with Crippen LogP contribution in [0.3, 0.4) is 0 Å². The normalized spacial score (nSPS) is 29.4. The fourth-order valence-corrected chi connectivity index (χ4v) is 5.36. The summed E-state index contributed by atoms with van der Waals surface area (Å²) in [6.45, 7) is 2.04. The number of ether oxygens (including phenoxy) is 2. The standard InChI is InChI=1S/C26H30N4O4/c27-15-19-7-4-8-20(14-19)28-26(32)29-22-21-16-33-25(34-21)23(24(22)31)30-11-9-18(10-12-30)13-17-5-2-1-3-6-17/h1-8,14,18,21-25,31H,9-13,16H2,(H2,28,29,32). The molecule has 3 aliphatic heterocycles. The van der Waals surface area contributed by atoms with Gasteiger partial charge in [0.15, 0.2) is 6.29 Å². The van der Waals surface area contributed by atoms with E-state index >= 15 is 0 Å². The number of nitrogens with one attached hydrogen (secondary N) is 2. The highest BCUT2D eigenvalue weighted by Gasteiger charge is 2.52. The third-order valence-electron chi connectivity index (χ3n) is 7.12. The first kappa shape index (κ1) is 22.8. The summed E-state index contributed by atoms with van der Waals surface area (Å²) in [5.74, 6) is 0.612. The van der Waals surface area contributed by atoms with E-state index in [-0.39, 0.29) is 6.04 Å². The summed E-state index contributed by atoms with van der Waals surface area (Å²) in [7, 11) is 0. The zero-order valence-electron chi connectivity index (χ0n) is 19.0. The van der Waals surface area contributed by atoms with Gasteiger partial charge in [0.05, 0.1) is 36.4 Å². The van der Waals surface area contributed by atoms with Gasteiger partial charge in [-0.15, -0.1) is 0 Å². The summed E-state index contributed by atoms with van der Waals surface area (Å²) in [4.78, 5) is 14.9. The zero-order chi connectivity index (χ0) is 23.5. The minimum Gasteiger partial charge on any atom is -0.389 e. The molecule has 8 heteroatoms. The molecule has 0 aromatic heterocycles. The quantitative estimate of drug-likeness (QED) is 0.630. The van der Waals surface area contributed by atoms with Gasteiger partial charge in [0.2, 0.25) is 0 Å². The van der Waals surface area contributed by atoms with Crippen LogP contribution in [0.2, 0.25) is 0 Å². The highest BCUT2D eigenvalue weighted by atomic mass is 16.7. The van der Waals surface area contributed by atoms with Crippen LogP contribution in [0, 0.1) is 17.2 Å². The van der Waals surface area contributed by atoms with Crippen LogP contribution in [0.25, 0.3) is 0 Å². The number of carbonyl (C=O) groups excluding carboxylic acids is 1. The van der Waals surface area contributed by atoms with Crippen molar-refractivity contribution in [2.24, 2.45) is 5.92 Å². The van der Waals surface area contributed by atoms with E-state index in [1.54, 1.807) is 24.3 Å². The van der Waals surface area contributed by atoms with Crippen LogP contribution in [-0.2, 0) is 15.9 Å². The van der Waals surface area contributed by atoms with Crippen molar-refractivity contribution in [3.05, 3.63) is 65.7 Å². The first-order valence-corrected chi connectivity index (χ1v) is 11.9. The van der Waals surface area contributed by atoms with Gasteiger partial charge in [0.25, 0.3) is 0 Å². The van der Waals surface area contributed by atoms with Gasteiger partial charge in [0.1, 0.15) is 6.10 Å². The second-order valence-corrected chi connectivity index (χ2v) is 9.34. The monoisotopic (exact) mass is 462 g/mol. The number of rotatable bonds is 5. The van der Waals surface area contributed by atoms with E-state index in [0.29, 0.717) is 23.8 Å². The molecule has 3 N–H and O–H groups in total. The summed E-state index contributed by atoms with van der Waals surface area (Å²) in [6.07, 6.45) is 1.46. The molecule has 3 aliphatic rings. The van der Waals surface area contributed by atoms with Gasteiger partial charge in [-0.2, -0.15) is 5.26 Å². The number of aliphatic hydroxyl groups excluding tert-OH is 1. The molecule has 2 amide bonds. The number of likely N-dealkylation sites (tertiary alicyclic amines) is 1. The Kier molecular flexibility index (Phi) is 6.79. The molecule has 2 aromatic carbocycles. The number of fused-ring (bicyclic) bond motifs is 2. The van der Waals surface area contributed by atoms with Gasteiger partial charge in [-0.25, -0.2) is 4.79 Å². The Morgan fingerprint density at radius 3 is 2.71 bits per heavy atom. The van der Waals surface area contributed by atoms with Gasteiger partial charge in [-0.3, -0.25) is 4.90 Å². The van der Waals surface area contributed by atoms with Crippen molar-refractivity contribution in [2.45, 2.75) is 49.8 Å². The van der Waals surface area contributed by atoms with Crippen molar-refractivity contribution in [3.8, 4) is 6.07 Å². The van der Waals surface area contributed by atoms with E-state index in [4.69, 9.17) is 14.7 Å². The van der Waals surface area contributed by atoms with Crippen molar-refractivity contribution < 1.29 is 19.4 Å². The second kappa shape index (κ2) is 10.1. The van der Waals surface area contributed by atoms with E-state index in [2.05, 4.69) is 45.9 Å². The van der Waals surface area contributed by atoms with Crippen LogP contribution in [-0.4, -0.2) is 66.3 Å². The molecule has 3 saturated heterocycles. The van der Waals surface area contributed by atoms with Gasteiger partial charge < -0.3 is 25.2 Å². The van der Waals surface area contributed by atoms with Crippen molar-refractivity contribution in [2.75, 3.05) is 25.0 Å². The number of anilines is 1. The minimum absolute atomic E-state index is 0.330. The van der Waals surface area contributed by atoms with Crippen LogP contribution in [0.4, 0.5) is 10.5 Å². The van der Waals surface area contributed by atoms with Gasteiger partial charge in [-0.1, -0.05) is 36.4 Å². The van der Waals surface area contributed by atoms with E-state index < -0.39 is 30.6 Å². The minimum atomic E-state index is -0.812. The van der Waals surface area contributed by atoms with Crippen LogP contribution < -0.4 is 10.6 Å². The Hall–Kier alpha value is -2.96. The lowest BCUT2D eigenvalue weighted by Crippen LogP contribution is -2.66. The molecule has 2 aromatic rings.